The Morgan fingerprint density at radius 3 is 2.39 bits per heavy atom. The van der Waals surface area contributed by atoms with Crippen LogP contribution in [0.1, 0.15) is 56.9 Å². The molecule has 0 radical (unpaired) electrons. The highest BCUT2D eigenvalue weighted by Gasteiger charge is 2.30. The van der Waals surface area contributed by atoms with Crippen molar-refractivity contribution in [2.24, 2.45) is 11.1 Å². The van der Waals surface area contributed by atoms with Gasteiger partial charge in [0.05, 0.1) is 5.71 Å². The summed E-state index contributed by atoms with van der Waals surface area (Å²) in [4.78, 5) is 2.76. The fourth-order valence-electron chi connectivity index (χ4n) is 4.38. The predicted octanol–water partition coefficient (Wildman–Crippen LogP) is 4.49. The van der Waals surface area contributed by atoms with Gasteiger partial charge >= 0.3 is 0 Å². The molecule has 1 saturated carbocycles. The monoisotopic (exact) mass is 314 g/mol. The molecule has 1 saturated heterocycles. The molecule has 2 fully saturated rings. The molecule has 2 aliphatic rings. The maximum absolute atomic E-state index is 8.99. The number of benzene rings is 1. The van der Waals surface area contributed by atoms with E-state index in [1.807, 2.05) is 0 Å². The minimum atomic E-state index is 0.704. The lowest BCUT2D eigenvalue weighted by molar-refractivity contribution is 0.0987. The molecule has 1 heterocycles. The molecule has 1 aliphatic carbocycles. The van der Waals surface area contributed by atoms with Crippen molar-refractivity contribution in [3.05, 3.63) is 35.9 Å². The third-order valence-electron chi connectivity index (χ3n) is 5.72. The molecule has 1 N–H and O–H groups in total. The molecule has 1 aliphatic heterocycles. The van der Waals surface area contributed by atoms with Crippen molar-refractivity contribution < 1.29 is 5.21 Å². The van der Waals surface area contributed by atoms with Crippen LogP contribution in [0.4, 0.5) is 0 Å². The van der Waals surface area contributed by atoms with E-state index < -0.39 is 0 Å². The Morgan fingerprint density at radius 2 is 1.74 bits per heavy atom. The van der Waals surface area contributed by atoms with Gasteiger partial charge in [-0.15, -0.1) is 0 Å². The van der Waals surface area contributed by atoms with Crippen LogP contribution in [0.15, 0.2) is 35.5 Å². The number of piperidine rings is 1. The van der Waals surface area contributed by atoms with E-state index in [-0.39, 0.29) is 0 Å². The van der Waals surface area contributed by atoms with E-state index in [2.05, 4.69) is 40.4 Å². The molecule has 1 unspecified atom stereocenters. The molecule has 0 spiro atoms. The van der Waals surface area contributed by atoms with E-state index >= 15 is 0 Å². The summed E-state index contributed by atoms with van der Waals surface area (Å²) in [5.74, 6) is 0.766. The summed E-state index contributed by atoms with van der Waals surface area (Å²) in [5, 5.41) is 12.4. The summed E-state index contributed by atoms with van der Waals surface area (Å²) in [6.07, 6.45) is 10.9. The van der Waals surface area contributed by atoms with Crippen LogP contribution in [0.3, 0.4) is 0 Å². The van der Waals surface area contributed by atoms with Crippen molar-refractivity contribution in [2.45, 2.75) is 63.8 Å². The molecular formula is C20H30N2O. The summed E-state index contributed by atoms with van der Waals surface area (Å²) < 4.78 is 0. The van der Waals surface area contributed by atoms with Gasteiger partial charge in [-0.3, -0.25) is 0 Å². The van der Waals surface area contributed by atoms with Gasteiger partial charge in [0, 0.05) is 6.04 Å². The van der Waals surface area contributed by atoms with E-state index in [9.17, 15) is 0 Å². The van der Waals surface area contributed by atoms with Gasteiger partial charge in [0.2, 0.25) is 0 Å². The third-order valence-corrected chi connectivity index (χ3v) is 5.72. The Hall–Kier alpha value is -1.35. The summed E-state index contributed by atoms with van der Waals surface area (Å²) in [6.45, 7) is 2.55. The number of oxime groups is 1. The van der Waals surface area contributed by atoms with Crippen molar-refractivity contribution in [1.82, 2.24) is 4.90 Å². The maximum atomic E-state index is 8.99. The van der Waals surface area contributed by atoms with E-state index in [1.54, 1.807) is 0 Å². The Morgan fingerprint density at radius 1 is 1.04 bits per heavy atom. The highest BCUT2D eigenvalue weighted by molar-refractivity contribution is 5.84. The average molecular weight is 314 g/mol. The van der Waals surface area contributed by atoms with E-state index in [4.69, 9.17) is 5.21 Å². The quantitative estimate of drug-likeness (QED) is 0.642. The maximum Gasteiger partial charge on any atom is 0.0571 e. The molecule has 0 bridgehead atoms. The fourth-order valence-corrected chi connectivity index (χ4v) is 4.38. The number of rotatable bonds is 5. The topological polar surface area (TPSA) is 35.8 Å². The van der Waals surface area contributed by atoms with Gasteiger partial charge in [0.1, 0.15) is 0 Å². The van der Waals surface area contributed by atoms with Crippen LogP contribution >= 0.6 is 0 Å². The van der Waals surface area contributed by atoms with Gasteiger partial charge in [-0.1, -0.05) is 41.9 Å². The SMILES string of the molecule is ON=C1CCC(C(CCc2ccccc2)N2CCCCC2)CC1. The third kappa shape index (κ3) is 4.57. The van der Waals surface area contributed by atoms with E-state index in [0.29, 0.717) is 6.04 Å². The largest absolute Gasteiger partial charge is 0.411 e. The zero-order valence-electron chi connectivity index (χ0n) is 14.2. The first-order chi connectivity index (χ1) is 11.4. The van der Waals surface area contributed by atoms with Crippen molar-refractivity contribution >= 4 is 5.71 Å². The van der Waals surface area contributed by atoms with Crippen LogP contribution in [0.5, 0.6) is 0 Å². The lowest BCUT2D eigenvalue weighted by Gasteiger charge is -2.41. The number of likely N-dealkylation sites (tertiary alicyclic amines) is 1. The summed E-state index contributed by atoms with van der Waals surface area (Å²) >= 11 is 0. The molecule has 1 aromatic carbocycles. The van der Waals surface area contributed by atoms with Gasteiger partial charge in [-0.25, -0.2) is 0 Å². The standard InChI is InChI=1S/C20H30N2O/c23-21-19-12-10-18(11-13-19)20(22-15-5-2-6-16-22)14-9-17-7-3-1-4-8-17/h1,3-4,7-8,18,20,23H,2,5-6,9-16H2. The van der Waals surface area contributed by atoms with Gasteiger partial charge in [-0.05, 0) is 75.9 Å². The molecule has 3 heteroatoms. The van der Waals surface area contributed by atoms with E-state index in [0.717, 1.165) is 24.5 Å². The Balaban J connectivity index is 1.63. The smallest absolute Gasteiger partial charge is 0.0571 e. The van der Waals surface area contributed by atoms with Crippen LogP contribution < -0.4 is 0 Å². The highest BCUT2D eigenvalue weighted by Crippen LogP contribution is 2.32. The predicted molar refractivity (Wildman–Crippen MR) is 95.2 cm³/mol. The second-order valence-corrected chi connectivity index (χ2v) is 7.19. The number of aryl methyl sites for hydroxylation is 1. The van der Waals surface area contributed by atoms with Crippen molar-refractivity contribution in [3.8, 4) is 0 Å². The lowest BCUT2D eigenvalue weighted by atomic mass is 9.79. The van der Waals surface area contributed by atoms with Gasteiger partial charge in [0.15, 0.2) is 0 Å². The summed E-state index contributed by atoms with van der Waals surface area (Å²) in [6, 6.07) is 11.6. The zero-order chi connectivity index (χ0) is 15.9. The fraction of sp³-hybridized carbons (Fsp3) is 0.650. The van der Waals surface area contributed by atoms with Crippen molar-refractivity contribution in [1.29, 1.82) is 0 Å². The first-order valence-electron chi connectivity index (χ1n) is 9.34. The van der Waals surface area contributed by atoms with Gasteiger partial charge in [-0.2, -0.15) is 0 Å². The molecular weight excluding hydrogens is 284 g/mol. The molecule has 1 aromatic rings. The van der Waals surface area contributed by atoms with E-state index in [1.165, 1.54) is 63.6 Å². The molecule has 0 amide bonds. The van der Waals surface area contributed by atoms with Gasteiger partial charge < -0.3 is 10.1 Å². The van der Waals surface area contributed by atoms with Crippen LogP contribution in [0.25, 0.3) is 0 Å². The lowest BCUT2D eigenvalue weighted by Crippen LogP contribution is -2.45. The van der Waals surface area contributed by atoms with Crippen LogP contribution in [0.2, 0.25) is 0 Å². The minimum Gasteiger partial charge on any atom is -0.411 e. The molecule has 1 atom stereocenters. The summed E-state index contributed by atoms with van der Waals surface area (Å²) in [7, 11) is 0. The number of hydrogen-bond acceptors (Lipinski definition) is 3. The number of hydrogen-bond donors (Lipinski definition) is 1. The molecule has 3 nitrogen and oxygen atoms in total. The Bertz CT molecular complexity index is 484. The first kappa shape index (κ1) is 16.5. The molecule has 0 aromatic heterocycles. The van der Waals surface area contributed by atoms with Crippen LogP contribution in [0, 0.1) is 5.92 Å². The van der Waals surface area contributed by atoms with Gasteiger partial charge in [0.25, 0.3) is 0 Å². The van der Waals surface area contributed by atoms with Crippen LogP contribution in [-0.4, -0.2) is 35.0 Å². The van der Waals surface area contributed by atoms with Crippen molar-refractivity contribution in [2.75, 3.05) is 13.1 Å². The normalized spacial score (nSPS) is 24.3. The molecule has 23 heavy (non-hydrogen) atoms. The zero-order valence-corrected chi connectivity index (χ0v) is 14.2. The Labute approximate surface area is 140 Å². The van der Waals surface area contributed by atoms with Crippen molar-refractivity contribution in [3.63, 3.8) is 0 Å². The minimum absolute atomic E-state index is 0.704. The Kier molecular flexibility index (Phi) is 6.09. The van der Waals surface area contributed by atoms with Crippen LogP contribution in [-0.2, 0) is 6.42 Å². The second kappa shape index (κ2) is 8.49. The molecule has 126 valence electrons. The molecule has 3 rings (SSSR count). The second-order valence-electron chi connectivity index (χ2n) is 7.19. The highest BCUT2D eigenvalue weighted by atomic mass is 16.4. The first-order valence-corrected chi connectivity index (χ1v) is 9.34. The summed E-state index contributed by atoms with van der Waals surface area (Å²) in [5.41, 5.74) is 2.46. The average Bonchev–Trinajstić information content (AvgIpc) is 2.64. The number of nitrogens with zero attached hydrogens (tertiary/aromatic N) is 2.